The Bertz CT molecular complexity index is 535. The molecule has 5 heteroatoms. The summed E-state index contributed by atoms with van der Waals surface area (Å²) in [6, 6.07) is 6.92. The van der Waals surface area contributed by atoms with Crippen LogP contribution in [0.5, 0.6) is 5.75 Å². The average molecular weight is 275 g/mol. The number of amides is 1. The molecule has 1 heterocycles. The first-order valence-corrected chi connectivity index (χ1v) is 6.27. The summed E-state index contributed by atoms with van der Waals surface area (Å²) in [5.74, 6) is 0.547. The van der Waals surface area contributed by atoms with E-state index in [0.29, 0.717) is 0 Å². The van der Waals surface area contributed by atoms with Crippen molar-refractivity contribution in [2.24, 2.45) is 0 Å². The molecule has 0 aromatic heterocycles. The van der Waals surface area contributed by atoms with E-state index in [1.54, 1.807) is 42.4 Å². The van der Waals surface area contributed by atoms with Gasteiger partial charge in [-0.1, -0.05) is 6.08 Å². The average Bonchev–Trinajstić information content (AvgIpc) is 2.44. The molecular weight excluding hydrogens is 258 g/mol. The van der Waals surface area contributed by atoms with E-state index in [1.807, 2.05) is 0 Å². The Morgan fingerprint density at radius 2 is 1.90 bits per heavy atom. The fourth-order valence-electron chi connectivity index (χ4n) is 2.19. The monoisotopic (exact) mass is 275 g/mol. The van der Waals surface area contributed by atoms with Gasteiger partial charge >= 0.3 is 0 Å². The molecule has 5 nitrogen and oxygen atoms in total. The lowest BCUT2D eigenvalue weighted by molar-refractivity contribution is -0.137. The number of hydrogen-bond acceptors (Lipinski definition) is 4. The normalized spacial score (nSPS) is 21.9. The third-order valence-electron chi connectivity index (χ3n) is 3.22. The number of anilines is 1. The van der Waals surface area contributed by atoms with Crippen molar-refractivity contribution in [1.29, 1.82) is 0 Å². The van der Waals surface area contributed by atoms with Crippen molar-refractivity contribution in [1.82, 2.24) is 0 Å². The van der Waals surface area contributed by atoms with Crippen LogP contribution in [0.25, 0.3) is 0 Å². The van der Waals surface area contributed by atoms with Gasteiger partial charge < -0.3 is 9.47 Å². The van der Waals surface area contributed by atoms with Crippen molar-refractivity contribution in [2.45, 2.75) is 19.1 Å². The van der Waals surface area contributed by atoms with E-state index in [-0.39, 0.29) is 17.7 Å². The van der Waals surface area contributed by atoms with Crippen molar-refractivity contribution >= 4 is 17.4 Å². The second-order valence-electron chi connectivity index (χ2n) is 4.52. The molecule has 1 fully saturated rings. The number of benzene rings is 1. The molecule has 0 radical (unpaired) electrons. The number of ketones is 1. The summed E-state index contributed by atoms with van der Waals surface area (Å²) >= 11 is 0. The maximum absolute atomic E-state index is 12.1. The predicted octanol–water partition coefficient (Wildman–Crippen LogP) is 1.57. The van der Waals surface area contributed by atoms with Crippen molar-refractivity contribution in [2.75, 3.05) is 19.1 Å². The zero-order valence-electron chi connectivity index (χ0n) is 11.7. The highest BCUT2D eigenvalue weighted by Gasteiger charge is 2.47. The molecule has 2 atom stereocenters. The van der Waals surface area contributed by atoms with Gasteiger partial charge in [-0.3, -0.25) is 14.5 Å². The highest BCUT2D eigenvalue weighted by molar-refractivity contribution is 6.06. The van der Waals surface area contributed by atoms with E-state index in [1.165, 1.54) is 20.1 Å². The molecule has 2 rings (SSSR count). The summed E-state index contributed by atoms with van der Waals surface area (Å²) in [4.78, 5) is 24.7. The summed E-state index contributed by atoms with van der Waals surface area (Å²) in [7, 11) is 3.08. The molecule has 0 saturated carbocycles. The van der Waals surface area contributed by atoms with Gasteiger partial charge in [0.25, 0.3) is 5.91 Å². The van der Waals surface area contributed by atoms with Crippen LogP contribution in [0, 0.1) is 0 Å². The van der Waals surface area contributed by atoms with E-state index in [2.05, 4.69) is 0 Å². The molecule has 0 N–H and O–H groups in total. The summed E-state index contributed by atoms with van der Waals surface area (Å²) in [5.41, 5.74) is 0.752. The molecule has 1 aliphatic rings. The van der Waals surface area contributed by atoms with Gasteiger partial charge in [0.1, 0.15) is 5.75 Å². The number of carbonyl (C=O) groups excluding carboxylic acids is 2. The fourth-order valence-corrected chi connectivity index (χ4v) is 2.19. The fraction of sp³-hybridized carbons (Fsp3) is 0.333. The second kappa shape index (κ2) is 5.88. The molecule has 0 unspecified atom stereocenters. The van der Waals surface area contributed by atoms with Gasteiger partial charge in [-0.2, -0.15) is 0 Å². The number of nitrogens with zero attached hydrogens (tertiary/aromatic N) is 1. The molecule has 20 heavy (non-hydrogen) atoms. The lowest BCUT2D eigenvalue weighted by Gasteiger charge is -2.44. The first kappa shape index (κ1) is 14.3. The minimum Gasteiger partial charge on any atom is -0.497 e. The molecule has 0 spiro atoms. The Kier molecular flexibility index (Phi) is 4.20. The Balaban J connectivity index is 2.23. The Morgan fingerprint density at radius 1 is 1.25 bits per heavy atom. The first-order valence-electron chi connectivity index (χ1n) is 6.27. The number of β-lactam (4-membered cyclic amide) rings is 1. The molecule has 0 bridgehead atoms. The van der Waals surface area contributed by atoms with Gasteiger partial charge in [-0.25, -0.2) is 0 Å². The quantitative estimate of drug-likeness (QED) is 0.604. The third kappa shape index (κ3) is 2.58. The number of carbonyl (C=O) groups is 2. The van der Waals surface area contributed by atoms with Crippen LogP contribution in [0.4, 0.5) is 5.69 Å². The van der Waals surface area contributed by atoms with Crippen LogP contribution < -0.4 is 9.64 Å². The van der Waals surface area contributed by atoms with Crippen LogP contribution >= 0.6 is 0 Å². The largest absolute Gasteiger partial charge is 0.497 e. The SMILES string of the molecule is COc1ccc(N2C(=O)[C@H](OC)[C@@H]2/C=C\C(C)=O)cc1. The molecule has 0 aliphatic carbocycles. The lowest BCUT2D eigenvalue weighted by atomic mass is 9.95. The van der Waals surface area contributed by atoms with E-state index >= 15 is 0 Å². The van der Waals surface area contributed by atoms with Crippen molar-refractivity contribution in [3.8, 4) is 5.75 Å². The third-order valence-corrected chi connectivity index (χ3v) is 3.22. The van der Waals surface area contributed by atoms with Crippen LogP contribution in [0.1, 0.15) is 6.92 Å². The smallest absolute Gasteiger partial charge is 0.259 e. The summed E-state index contributed by atoms with van der Waals surface area (Å²) in [6.45, 7) is 1.47. The van der Waals surface area contributed by atoms with Crippen LogP contribution in [-0.2, 0) is 14.3 Å². The molecular formula is C15H17NO4. The lowest BCUT2D eigenvalue weighted by Crippen LogP contribution is -2.65. The number of rotatable bonds is 5. The van der Waals surface area contributed by atoms with Crippen molar-refractivity contribution in [3.05, 3.63) is 36.4 Å². The van der Waals surface area contributed by atoms with Crippen LogP contribution in [-0.4, -0.2) is 38.1 Å². The van der Waals surface area contributed by atoms with Gasteiger partial charge in [-0.05, 0) is 37.3 Å². The standard InChI is InChI=1S/C15H17NO4/c1-10(17)4-9-13-14(20-3)15(18)16(13)11-5-7-12(19-2)8-6-11/h4-9,13-14H,1-3H3/b9-4-/t13-,14+/m0/s1. The van der Waals surface area contributed by atoms with Gasteiger partial charge in [0.15, 0.2) is 11.9 Å². The maximum Gasteiger partial charge on any atom is 0.259 e. The summed E-state index contributed by atoms with van der Waals surface area (Å²) in [6.07, 6.45) is 2.62. The summed E-state index contributed by atoms with van der Waals surface area (Å²) < 4.78 is 10.3. The predicted molar refractivity (Wildman–Crippen MR) is 74.9 cm³/mol. The Morgan fingerprint density at radius 3 is 2.40 bits per heavy atom. The van der Waals surface area contributed by atoms with Gasteiger partial charge in [0.2, 0.25) is 0 Å². The second-order valence-corrected chi connectivity index (χ2v) is 4.52. The van der Waals surface area contributed by atoms with Crippen molar-refractivity contribution < 1.29 is 19.1 Å². The molecule has 106 valence electrons. The van der Waals surface area contributed by atoms with E-state index in [0.717, 1.165) is 11.4 Å². The number of methoxy groups -OCH3 is 2. The first-order chi connectivity index (χ1) is 9.58. The number of allylic oxidation sites excluding steroid dienone is 1. The zero-order valence-corrected chi connectivity index (χ0v) is 11.7. The maximum atomic E-state index is 12.1. The zero-order chi connectivity index (χ0) is 14.7. The number of ether oxygens (including phenoxy) is 2. The van der Waals surface area contributed by atoms with Crippen LogP contribution in [0.2, 0.25) is 0 Å². The highest BCUT2D eigenvalue weighted by atomic mass is 16.5. The van der Waals surface area contributed by atoms with Gasteiger partial charge in [0.05, 0.1) is 13.2 Å². The highest BCUT2D eigenvalue weighted by Crippen LogP contribution is 2.31. The van der Waals surface area contributed by atoms with Gasteiger partial charge in [0, 0.05) is 12.8 Å². The van der Waals surface area contributed by atoms with E-state index < -0.39 is 6.10 Å². The van der Waals surface area contributed by atoms with Crippen LogP contribution in [0.15, 0.2) is 36.4 Å². The Labute approximate surface area is 117 Å². The summed E-state index contributed by atoms with van der Waals surface area (Å²) in [5, 5.41) is 0. The molecule has 1 aromatic rings. The number of hydrogen-bond donors (Lipinski definition) is 0. The van der Waals surface area contributed by atoms with E-state index in [4.69, 9.17) is 9.47 Å². The molecule has 1 amide bonds. The van der Waals surface area contributed by atoms with Gasteiger partial charge in [-0.15, -0.1) is 0 Å². The molecule has 1 aromatic carbocycles. The minimum absolute atomic E-state index is 0.0612. The topological polar surface area (TPSA) is 55.8 Å². The molecule has 1 saturated heterocycles. The molecule has 1 aliphatic heterocycles. The Hall–Kier alpha value is -2.14. The van der Waals surface area contributed by atoms with Crippen LogP contribution in [0.3, 0.4) is 0 Å². The van der Waals surface area contributed by atoms with E-state index in [9.17, 15) is 9.59 Å². The van der Waals surface area contributed by atoms with Crippen molar-refractivity contribution in [3.63, 3.8) is 0 Å². The minimum atomic E-state index is -0.535.